The standard InChI is InChI=1S/C23H21N3/c1-18-11-13-26(25-18)23-10-5-8-21(17-23)15-19-6-4-7-20(14-19)16-22-9-2-3-12-24-22/h2-14,17H,15-16H2,1H3. The van der Waals surface area contributed by atoms with Crippen molar-refractivity contribution in [2.24, 2.45) is 0 Å². The zero-order chi connectivity index (χ0) is 17.8. The molecule has 0 spiro atoms. The summed E-state index contributed by atoms with van der Waals surface area (Å²) in [5.74, 6) is 0. The molecule has 2 aromatic carbocycles. The summed E-state index contributed by atoms with van der Waals surface area (Å²) in [6.07, 6.45) is 5.62. The monoisotopic (exact) mass is 339 g/mol. The first-order chi connectivity index (χ1) is 12.8. The van der Waals surface area contributed by atoms with E-state index in [-0.39, 0.29) is 0 Å². The largest absolute Gasteiger partial charge is 0.261 e. The Morgan fingerprint density at radius 1 is 0.769 bits per heavy atom. The Bertz CT molecular complexity index is 1000. The zero-order valence-electron chi connectivity index (χ0n) is 14.8. The van der Waals surface area contributed by atoms with Gasteiger partial charge in [-0.2, -0.15) is 5.10 Å². The third-order valence-electron chi connectivity index (χ3n) is 4.41. The summed E-state index contributed by atoms with van der Waals surface area (Å²) in [6.45, 7) is 2.01. The molecule has 0 bridgehead atoms. The molecule has 4 rings (SSSR count). The van der Waals surface area contributed by atoms with Gasteiger partial charge in [-0.1, -0.05) is 42.5 Å². The first-order valence-corrected chi connectivity index (χ1v) is 8.85. The van der Waals surface area contributed by atoms with Crippen molar-refractivity contribution in [3.63, 3.8) is 0 Å². The predicted molar refractivity (Wildman–Crippen MR) is 105 cm³/mol. The maximum Gasteiger partial charge on any atom is 0.0648 e. The van der Waals surface area contributed by atoms with E-state index in [0.717, 1.165) is 29.9 Å². The average Bonchev–Trinajstić information content (AvgIpc) is 3.10. The maximum absolute atomic E-state index is 4.50. The lowest BCUT2D eigenvalue weighted by atomic mass is 10.0. The molecule has 0 N–H and O–H groups in total. The van der Waals surface area contributed by atoms with Gasteiger partial charge in [0.2, 0.25) is 0 Å². The van der Waals surface area contributed by atoms with Crippen LogP contribution in [0.2, 0.25) is 0 Å². The van der Waals surface area contributed by atoms with Crippen LogP contribution in [-0.4, -0.2) is 14.8 Å². The van der Waals surface area contributed by atoms with Crippen LogP contribution in [0.4, 0.5) is 0 Å². The van der Waals surface area contributed by atoms with E-state index in [9.17, 15) is 0 Å². The van der Waals surface area contributed by atoms with Crippen molar-refractivity contribution in [2.45, 2.75) is 19.8 Å². The molecule has 0 atom stereocenters. The SMILES string of the molecule is Cc1ccn(-c2cccc(Cc3cccc(Cc4ccccn4)c3)c2)n1. The highest BCUT2D eigenvalue weighted by Gasteiger charge is 2.03. The predicted octanol–water partition coefficient (Wildman–Crippen LogP) is 4.76. The van der Waals surface area contributed by atoms with Crippen LogP contribution in [0.25, 0.3) is 5.69 Å². The molecule has 3 nitrogen and oxygen atoms in total. The van der Waals surface area contributed by atoms with Gasteiger partial charge >= 0.3 is 0 Å². The number of aryl methyl sites for hydroxylation is 1. The average molecular weight is 339 g/mol. The first kappa shape index (κ1) is 16.3. The van der Waals surface area contributed by atoms with Crippen LogP contribution in [0.1, 0.15) is 28.1 Å². The van der Waals surface area contributed by atoms with Gasteiger partial charge in [-0.3, -0.25) is 4.98 Å². The Morgan fingerprint density at radius 2 is 1.54 bits per heavy atom. The van der Waals surface area contributed by atoms with E-state index in [4.69, 9.17) is 0 Å². The van der Waals surface area contributed by atoms with Gasteiger partial charge in [-0.05, 0) is 60.4 Å². The summed E-state index contributed by atoms with van der Waals surface area (Å²) in [5, 5.41) is 4.50. The van der Waals surface area contributed by atoms with Gasteiger partial charge in [0.15, 0.2) is 0 Å². The minimum atomic E-state index is 0.862. The molecule has 4 aromatic rings. The van der Waals surface area contributed by atoms with Crippen molar-refractivity contribution in [1.29, 1.82) is 0 Å². The van der Waals surface area contributed by atoms with Crippen LogP contribution in [-0.2, 0) is 12.8 Å². The van der Waals surface area contributed by atoms with Crippen LogP contribution in [0.15, 0.2) is 85.2 Å². The molecule has 0 radical (unpaired) electrons. The topological polar surface area (TPSA) is 30.7 Å². The summed E-state index contributed by atoms with van der Waals surface area (Å²) in [6, 6.07) is 25.4. The lowest BCUT2D eigenvalue weighted by molar-refractivity contribution is 0.860. The molecule has 128 valence electrons. The fraction of sp³-hybridized carbons (Fsp3) is 0.130. The number of rotatable bonds is 5. The molecule has 0 saturated heterocycles. The van der Waals surface area contributed by atoms with Gasteiger partial charge in [0.25, 0.3) is 0 Å². The van der Waals surface area contributed by atoms with E-state index in [1.807, 2.05) is 42.2 Å². The van der Waals surface area contributed by atoms with Gasteiger partial charge < -0.3 is 0 Å². The Labute approximate surface area is 154 Å². The van der Waals surface area contributed by atoms with Crippen LogP contribution in [0.5, 0.6) is 0 Å². The lowest BCUT2D eigenvalue weighted by Gasteiger charge is -2.08. The van der Waals surface area contributed by atoms with Crippen LogP contribution in [0, 0.1) is 6.92 Å². The van der Waals surface area contributed by atoms with Gasteiger partial charge in [-0.15, -0.1) is 0 Å². The van der Waals surface area contributed by atoms with Crippen LogP contribution in [0.3, 0.4) is 0 Å². The molecular weight excluding hydrogens is 318 g/mol. The highest BCUT2D eigenvalue weighted by molar-refractivity contribution is 5.38. The third-order valence-corrected chi connectivity index (χ3v) is 4.41. The van der Waals surface area contributed by atoms with Crippen molar-refractivity contribution in [3.8, 4) is 5.69 Å². The zero-order valence-corrected chi connectivity index (χ0v) is 14.8. The quantitative estimate of drug-likeness (QED) is 0.525. The fourth-order valence-corrected chi connectivity index (χ4v) is 3.16. The minimum Gasteiger partial charge on any atom is -0.261 e. The van der Waals surface area contributed by atoms with Gasteiger partial charge in [-0.25, -0.2) is 4.68 Å². The molecule has 26 heavy (non-hydrogen) atoms. The van der Waals surface area contributed by atoms with Crippen molar-refractivity contribution in [3.05, 3.63) is 113 Å². The normalized spacial score (nSPS) is 10.8. The summed E-state index contributed by atoms with van der Waals surface area (Å²) in [7, 11) is 0. The highest BCUT2D eigenvalue weighted by atomic mass is 15.3. The van der Waals surface area contributed by atoms with Gasteiger partial charge in [0.1, 0.15) is 0 Å². The lowest BCUT2D eigenvalue weighted by Crippen LogP contribution is -1.97. The molecule has 0 amide bonds. The fourth-order valence-electron chi connectivity index (χ4n) is 3.16. The van der Waals surface area contributed by atoms with Crippen molar-refractivity contribution in [2.75, 3.05) is 0 Å². The van der Waals surface area contributed by atoms with Crippen molar-refractivity contribution >= 4 is 0 Å². The summed E-state index contributed by atoms with van der Waals surface area (Å²) >= 11 is 0. The van der Waals surface area contributed by atoms with E-state index >= 15 is 0 Å². The highest BCUT2D eigenvalue weighted by Crippen LogP contribution is 2.16. The molecule has 3 heteroatoms. The minimum absolute atomic E-state index is 0.862. The second kappa shape index (κ2) is 7.36. The van der Waals surface area contributed by atoms with E-state index in [2.05, 4.69) is 64.7 Å². The van der Waals surface area contributed by atoms with Crippen molar-refractivity contribution < 1.29 is 0 Å². The number of aromatic nitrogens is 3. The van der Waals surface area contributed by atoms with E-state index in [0.29, 0.717) is 0 Å². The second-order valence-electron chi connectivity index (χ2n) is 6.57. The Morgan fingerprint density at radius 3 is 2.27 bits per heavy atom. The van der Waals surface area contributed by atoms with Crippen LogP contribution >= 0.6 is 0 Å². The molecule has 0 aliphatic carbocycles. The molecule has 0 aliphatic heterocycles. The number of nitrogens with zero attached hydrogens (tertiary/aromatic N) is 3. The van der Waals surface area contributed by atoms with Gasteiger partial charge in [0.05, 0.1) is 11.4 Å². The number of benzene rings is 2. The smallest absolute Gasteiger partial charge is 0.0648 e. The Kier molecular flexibility index (Phi) is 4.61. The van der Waals surface area contributed by atoms with Crippen molar-refractivity contribution in [1.82, 2.24) is 14.8 Å². The molecule has 0 aliphatic rings. The molecule has 2 aromatic heterocycles. The second-order valence-corrected chi connectivity index (χ2v) is 6.57. The van der Waals surface area contributed by atoms with Crippen LogP contribution < -0.4 is 0 Å². The molecule has 0 saturated carbocycles. The number of hydrogen-bond donors (Lipinski definition) is 0. The summed E-state index contributed by atoms with van der Waals surface area (Å²) in [5.41, 5.74) is 7.11. The number of pyridine rings is 1. The van der Waals surface area contributed by atoms with Gasteiger partial charge in [0, 0.05) is 24.5 Å². The first-order valence-electron chi connectivity index (χ1n) is 8.85. The summed E-state index contributed by atoms with van der Waals surface area (Å²) < 4.78 is 1.93. The molecule has 2 heterocycles. The summed E-state index contributed by atoms with van der Waals surface area (Å²) in [4.78, 5) is 4.43. The Balaban J connectivity index is 1.53. The Hall–Kier alpha value is -3.20. The molecular formula is C23H21N3. The van der Waals surface area contributed by atoms with E-state index in [1.165, 1.54) is 16.7 Å². The molecule has 0 fully saturated rings. The van der Waals surface area contributed by atoms with E-state index in [1.54, 1.807) is 0 Å². The van der Waals surface area contributed by atoms with E-state index < -0.39 is 0 Å². The maximum atomic E-state index is 4.50. The molecule has 0 unspecified atom stereocenters. The number of hydrogen-bond acceptors (Lipinski definition) is 2. The third kappa shape index (κ3) is 3.89.